The van der Waals surface area contributed by atoms with Crippen molar-refractivity contribution in [2.24, 2.45) is 11.8 Å². The molecule has 28 heavy (non-hydrogen) atoms. The zero-order chi connectivity index (χ0) is 19.3. The predicted octanol–water partition coefficient (Wildman–Crippen LogP) is 3.23. The minimum absolute atomic E-state index is 0.0288. The molecule has 1 atom stereocenters. The lowest BCUT2D eigenvalue weighted by molar-refractivity contribution is -0.139. The monoisotopic (exact) mass is 384 g/mol. The number of amides is 2. The molecule has 1 aromatic carbocycles. The smallest absolute Gasteiger partial charge is 0.242 e. The molecule has 0 aromatic heterocycles. The summed E-state index contributed by atoms with van der Waals surface area (Å²) in [4.78, 5) is 29.5. The van der Waals surface area contributed by atoms with Crippen LogP contribution in [0.1, 0.15) is 50.5 Å². The molecule has 1 aromatic rings. The van der Waals surface area contributed by atoms with Crippen molar-refractivity contribution in [1.29, 1.82) is 0 Å². The Morgan fingerprint density at radius 3 is 2.46 bits per heavy atom. The van der Waals surface area contributed by atoms with Gasteiger partial charge in [0.05, 0.1) is 12.6 Å². The van der Waals surface area contributed by atoms with Crippen LogP contribution in [0.5, 0.6) is 0 Å². The summed E-state index contributed by atoms with van der Waals surface area (Å²) in [6.07, 6.45) is 7.73. The highest BCUT2D eigenvalue weighted by Gasteiger charge is 2.33. The minimum Gasteiger partial charge on any atom is -0.374 e. The molecule has 2 aliphatic carbocycles. The standard InChI is InChI=1S/C23H32N2O3/c26-22(12-18-6-4-5-7-18)25-15-21(28-17-20-10-11-20)14-24(23(27)16-25)13-19-8-2-1-3-9-19/h1-3,8-9,18,20-21H,4-7,10-17H2/t21-/m0/s1. The molecule has 3 fully saturated rings. The van der Waals surface area contributed by atoms with Gasteiger partial charge >= 0.3 is 0 Å². The third kappa shape index (κ3) is 5.34. The highest BCUT2D eigenvalue weighted by Crippen LogP contribution is 2.30. The predicted molar refractivity (Wildman–Crippen MR) is 107 cm³/mol. The van der Waals surface area contributed by atoms with E-state index in [1.165, 1.54) is 25.7 Å². The Kier molecular flexibility index (Phi) is 6.30. The van der Waals surface area contributed by atoms with E-state index >= 15 is 0 Å². The van der Waals surface area contributed by atoms with Gasteiger partial charge in [-0.2, -0.15) is 0 Å². The van der Waals surface area contributed by atoms with Gasteiger partial charge in [-0.15, -0.1) is 0 Å². The minimum atomic E-state index is -0.0942. The first-order valence-corrected chi connectivity index (χ1v) is 10.9. The second-order valence-electron chi connectivity index (χ2n) is 8.79. The average Bonchev–Trinajstić information content (AvgIpc) is 3.42. The molecule has 0 unspecified atom stereocenters. The number of benzene rings is 1. The van der Waals surface area contributed by atoms with Gasteiger partial charge in [-0.05, 0) is 43.1 Å². The van der Waals surface area contributed by atoms with Gasteiger partial charge < -0.3 is 14.5 Å². The summed E-state index contributed by atoms with van der Waals surface area (Å²) in [5, 5.41) is 0. The fraction of sp³-hybridized carbons (Fsp3) is 0.652. The number of nitrogens with zero attached hydrogens (tertiary/aromatic N) is 2. The molecule has 1 aliphatic heterocycles. The molecule has 2 saturated carbocycles. The molecule has 0 spiro atoms. The molecule has 0 radical (unpaired) electrons. The molecular weight excluding hydrogens is 352 g/mol. The second-order valence-corrected chi connectivity index (χ2v) is 8.79. The third-order valence-electron chi connectivity index (χ3n) is 6.30. The van der Waals surface area contributed by atoms with Crippen LogP contribution in [0.4, 0.5) is 0 Å². The summed E-state index contributed by atoms with van der Waals surface area (Å²) in [7, 11) is 0. The van der Waals surface area contributed by atoms with Crippen molar-refractivity contribution < 1.29 is 14.3 Å². The SMILES string of the molecule is O=C(CC1CCCC1)N1CC(=O)N(Cc2ccccc2)C[C@H](OCC2CC2)C1. The van der Waals surface area contributed by atoms with Crippen molar-refractivity contribution in [3.05, 3.63) is 35.9 Å². The van der Waals surface area contributed by atoms with E-state index < -0.39 is 0 Å². The van der Waals surface area contributed by atoms with Crippen molar-refractivity contribution in [2.75, 3.05) is 26.2 Å². The molecule has 0 N–H and O–H groups in total. The Hall–Kier alpha value is -1.88. The zero-order valence-electron chi connectivity index (χ0n) is 16.7. The van der Waals surface area contributed by atoms with Crippen LogP contribution in [0.2, 0.25) is 0 Å². The molecule has 4 rings (SSSR count). The van der Waals surface area contributed by atoms with Crippen LogP contribution in [0.3, 0.4) is 0 Å². The number of carbonyl (C=O) groups excluding carboxylic acids is 2. The summed E-state index contributed by atoms with van der Waals surface area (Å²) >= 11 is 0. The van der Waals surface area contributed by atoms with Gasteiger partial charge in [0.2, 0.25) is 11.8 Å². The largest absolute Gasteiger partial charge is 0.374 e. The maximum Gasteiger partial charge on any atom is 0.242 e. The van der Waals surface area contributed by atoms with Crippen LogP contribution in [0.25, 0.3) is 0 Å². The van der Waals surface area contributed by atoms with Gasteiger partial charge in [-0.1, -0.05) is 43.2 Å². The molecule has 3 aliphatic rings. The molecule has 5 heteroatoms. The lowest BCUT2D eigenvalue weighted by Crippen LogP contribution is -2.40. The van der Waals surface area contributed by atoms with Gasteiger partial charge in [0.25, 0.3) is 0 Å². The van der Waals surface area contributed by atoms with Crippen molar-refractivity contribution in [2.45, 2.75) is 57.6 Å². The molecule has 1 heterocycles. The third-order valence-corrected chi connectivity index (χ3v) is 6.30. The van der Waals surface area contributed by atoms with E-state index in [-0.39, 0.29) is 24.5 Å². The fourth-order valence-electron chi connectivity index (χ4n) is 4.38. The summed E-state index contributed by atoms with van der Waals surface area (Å²) in [6.45, 7) is 2.61. The molecule has 1 saturated heterocycles. The van der Waals surface area contributed by atoms with Crippen molar-refractivity contribution in [1.82, 2.24) is 9.80 Å². The quantitative estimate of drug-likeness (QED) is 0.725. The van der Waals surface area contributed by atoms with E-state index in [0.29, 0.717) is 37.9 Å². The number of hydrogen-bond donors (Lipinski definition) is 0. The van der Waals surface area contributed by atoms with Crippen LogP contribution in [0, 0.1) is 11.8 Å². The van der Waals surface area contributed by atoms with Gasteiger partial charge in [0.1, 0.15) is 0 Å². The van der Waals surface area contributed by atoms with Crippen LogP contribution < -0.4 is 0 Å². The van der Waals surface area contributed by atoms with Crippen LogP contribution in [0.15, 0.2) is 30.3 Å². The molecule has 2 amide bonds. The Labute approximate surface area is 168 Å². The first-order valence-electron chi connectivity index (χ1n) is 10.9. The topological polar surface area (TPSA) is 49.9 Å². The highest BCUT2D eigenvalue weighted by molar-refractivity contribution is 5.85. The molecule has 5 nitrogen and oxygen atoms in total. The van der Waals surface area contributed by atoms with Gasteiger partial charge in [0, 0.05) is 32.7 Å². The van der Waals surface area contributed by atoms with E-state index in [9.17, 15) is 9.59 Å². The Morgan fingerprint density at radius 1 is 1.00 bits per heavy atom. The van der Waals surface area contributed by atoms with Crippen LogP contribution in [-0.2, 0) is 20.9 Å². The van der Waals surface area contributed by atoms with Crippen LogP contribution in [-0.4, -0.2) is 54.0 Å². The maximum atomic E-state index is 12.9. The van der Waals surface area contributed by atoms with Gasteiger partial charge in [0.15, 0.2) is 0 Å². The number of carbonyl (C=O) groups is 2. The summed E-state index contributed by atoms with van der Waals surface area (Å²) < 4.78 is 6.17. The summed E-state index contributed by atoms with van der Waals surface area (Å²) in [5.41, 5.74) is 1.11. The zero-order valence-corrected chi connectivity index (χ0v) is 16.7. The van der Waals surface area contributed by atoms with E-state index in [0.717, 1.165) is 25.0 Å². The molecular formula is C23H32N2O3. The lowest BCUT2D eigenvalue weighted by atomic mass is 10.0. The van der Waals surface area contributed by atoms with Crippen molar-refractivity contribution in [3.63, 3.8) is 0 Å². The van der Waals surface area contributed by atoms with Gasteiger partial charge in [-0.25, -0.2) is 0 Å². The second kappa shape index (κ2) is 9.08. The Morgan fingerprint density at radius 2 is 1.75 bits per heavy atom. The number of hydrogen-bond acceptors (Lipinski definition) is 3. The molecule has 152 valence electrons. The number of ether oxygens (including phenoxy) is 1. The Balaban J connectivity index is 1.42. The van der Waals surface area contributed by atoms with E-state index in [4.69, 9.17) is 4.74 Å². The van der Waals surface area contributed by atoms with E-state index in [1.807, 2.05) is 35.2 Å². The van der Waals surface area contributed by atoms with Crippen molar-refractivity contribution >= 4 is 11.8 Å². The summed E-state index contributed by atoms with van der Waals surface area (Å²) in [5.74, 6) is 1.32. The highest BCUT2D eigenvalue weighted by atomic mass is 16.5. The number of rotatable bonds is 7. The maximum absolute atomic E-state index is 12.9. The van der Waals surface area contributed by atoms with Crippen molar-refractivity contribution in [3.8, 4) is 0 Å². The first-order chi connectivity index (χ1) is 13.7. The van der Waals surface area contributed by atoms with E-state index in [1.54, 1.807) is 4.90 Å². The van der Waals surface area contributed by atoms with E-state index in [2.05, 4.69) is 0 Å². The molecule has 0 bridgehead atoms. The van der Waals surface area contributed by atoms with Crippen LogP contribution >= 0.6 is 0 Å². The fourth-order valence-corrected chi connectivity index (χ4v) is 4.38. The summed E-state index contributed by atoms with van der Waals surface area (Å²) in [6, 6.07) is 10.1. The first kappa shape index (κ1) is 19.4. The Bertz CT molecular complexity index is 668. The van der Waals surface area contributed by atoms with Gasteiger partial charge in [-0.3, -0.25) is 9.59 Å². The lowest BCUT2D eigenvalue weighted by Gasteiger charge is -2.25. The normalized spacial score (nSPS) is 23.9. The average molecular weight is 385 g/mol.